The third-order valence-corrected chi connectivity index (χ3v) is 2.32. The van der Waals surface area contributed by atoms with Crippen LogP contribution in [0.2, 0.25) is 0 Å². The molecular formula is C8H8INO. The van der Waals surface area contributed by atoms with Crippen LogP contribution in [0.3, 0.4) is 0 Å². The van der Waals surface area contributed by atoms with Crippen molar-refractivity contribution in [1.82, 2.24) is 0 Å². The molecule has 3 heteroatoms. The Morgan fingerprint density at radius 3 is 2.82 bits per heavy atom. The Balaban J connectivity index is 2.95. The highest BCUT2D eigenvalue weighted by atomic mass is 127. The van der Waals surface area contributed by atoms with Crippen LogP contribution in [0.25, 0.3) is 0 Å². The summed E-state index contributed by atoms with van der Waals surface area (Å²) in [6, 6.07) is 5.61. The van der Waals surface area contributed by atoms with Crippen molar-refractivity contribution in [3.63, 3.8) is 0 Å². The number of benzene rings is 1. The van der Waals surface area contributed by atoms with E-state index in [1.807, 2.05) is 18.2 Å². The van der Waals surface area contributed by atoms with Crippen LogP contribution in [0.1, 0.15) is 5.56 Å². The maximum absolute atomic E-state index is 10.1. The number of carbonyl (C=O) groups excluding carboxylic acids is 1. The number of rotatable bonds is 2. The number of anilines is 1. The van der Waals surface area contributed by atoms with E-state index >= 15 is 0 Å². The normalized spacial score (nSPS) is 9.55. The monoisotopic (exact) mass is 261 g/mol. The van der Waals surface area contributed by atoms with Crippen LogP contribution < -0.4 is 5.73 Å². The molecule has 1 aromatic carbocycles. The van der Waals surface area contributed by atoms with E-state index in [0.29, 0.717) is 6.42 Å². The Hall–Kier alpha value is -0.580. The summed E-state index contributed by atoms with van der Waals surface area (Å²) >= 11 is 2.15. The Bertz CT molecular complexity index is 273. The molecule has 0 heterocycles. The van der Waals surface area contributed by atoms with E-state index in [4.69, 9.17) is 5.73 Å². The zero-order chi connectivity index (χ0) is 8.27. The Morgan fingerprint density at radius 1 is 1.55 bits per heavy atom. The number of hydrogen-bond donors (Lipinski definition) is 1. The van der Waals surface area contributed by atoms with Crippen molar-refractivity contribution >= 4 is 34.6 Å². The number of hydrogen-bond acceptors (Lipinski definition) is 2. The highest BCUT2D eigenvalue weighted by molar-refractivity contribution is 14.1. The minimum Gasteiger partial charge on any atom is -0.398 e. The van der Waals surface area contributed by atoms with Gasteiger partial charge in [-0.15, -0.1) is 0 Å². The number of nitrogens with two attached hydrogens (primary N) is 1. The van der Waals surface area contributed by atoms with Gasteiger partial charge < -0.3 is 10.5 Å². The zero-order valence-electron chi connectivity index (χ0n) is 5.88. The van der Waals surface area contributed by atoms with E-state index in [9.17, 15) is 4.79 Å². The second-order valence-electron chi connectivity index (χ2n) is 2.23. The summed E-state index contributed by atoms with van der Waals surface area (Å²) in [5, 5.41) is 0. The molecule has 0 radical (unpaired) electrons. The minimum atomic E-state index is 0.469. The van der Waals surface area contributed by atoms with E-state index in [2.05, 4.69) is 22.6 Å². The highest BCUT2D eigenvalue weighted by Crippen LogP contribution is 2.15. The van der Waals surface area contributed by atoms with Gasteiger partial charge in [0.15, 0.2) is 0 Å². The topological polar surface area (TPSA) is 43.1 Å². The van der Waals surface area contributed by atoms with Gasteiger partial charge in [-0.2, -0.15) is 0 Å². The smallest absolute Gasteiger partial charge is 0.124 e. The minimum absolute atomic E-state index is 0.469. The largest absolute Gasteiger partial charge is 0.398 e. The van der Waals surface area contributed by atoms with Crippen LogP contribution in [0, 0.1) is 3.57 Å². The summed E-state index contributed by atoms with van der Waals surface area (Å²) in [4.78, 5) is 10.1. The van der Waals surface area contributed by atoms with Crippen molar-refractivity contribution in [3.05, 3.63) is 27.3 Å². The molecule has 0 amide bonds. The molecule has 0 atom stereocenters. The molecule has 0 saturated heterocycles. The van der Waals surface area contributed by atoms with Gasteiger partial charge in [-0.1, -0.05) is 6.07 Å². The maximum Gasteiger partial charge on any atom is 0.124 e. The predicted octanol–water partition coefficient (Wildman–Crippen LogP) is 1.61. The molecule has 2 nitrogen and oxygen atoms in total. The van der Waals surface area contributed by atoms with Gasteiger partial charge >= 0.3 is 0 Å². The number of halogens is 1. The molecule has 0 aliphatic heterocycles. The van der Waals surface area contributed by atoms with Crippen molar-refractivity contribution in [2.75, 3.05) is 5.73 Å². The van der Waals surface area contributed by atoms with E-state index in [1.165, 1.54) is 0 Å². The molecular weight excluding hydrogens is 253 g/mol. The lowest BCUT2D eigenvalue weighted by atomic mass is 10.1. The standard InChI is InChI=1S/C8H8INO/c9-7-5-6(3-4-11)1-2-8(7)10/h1-2,4-5H,3,10H2. The van der Waals surface area contributed by atoms with E-state index in [-0.39, 0.29) is 0 Å². The molecule has 0 bridgehead atoms. The average Bonchev–Trinajstić information content (AvgIpc) is 1.98. The lowest BCUT2D eigenvalue weighted by Gasteiger charge is -1.99. The van der Waals surface area contributed by atoms with Crippen LogP contribution in [0.5, 0.6) is 0 Å². The van der Waals surface area contributed by atoms with E-state index in [0.717, 1.165) is 21.1 Å². The molecule has 1 rings (SSSR count). The number of nitrogen functional groups attached to an aromatic ring is 1. The van der Waals surface area contributed by atoms with Crippen LogP contribution in [0.4, 0.5) is 5.69 Å². The zero-order valence-corrected chi connectivity index (χ0v) is 8.04. The maximum atomic E-state index is 10.1. The predicted molar refractivity (Wildman–Crippen MR) is 53.3 cm³/mol. The van der Waals surface area contributed by atoms with Gasteiger partial charge in [0.05, 0.1) is 0 Å². The Kier molecular flexibility index (Phi) is 2.87. The first kappa shape index (κ1) is 8.52. The highest BCUT2D eigenvalue weighted by Gasteiger charge is 1.96. The van der Waals surface area contributed by atoms with Crippen molar-refractivity contribution in [2.45, 2.75) is 6.42 Å². The lowest BCUT2D eigenvalue weighted by molar-refractivity contribution is -0.107. The summed E-state index contributed by atoms with van der Waals surface area (Å²) in [6.45, 7) is 0. The van der Waals surface area contributed by atoms with E-state index in [1.54, 1.807) is 0 Å². The third-order valence-electron chi connectivity index (χ3n) is 1.38. The molecule has 0 saturated carbocycles. The van der Waals surface area contributed by atoms with Crippen LogP contribution in [-0.4, -0.2) is 6.29 Å². The van der Waals surface area contributed by atoms with Gasteiger partial charge in [-0.25, -0.2) is 0 Å². The molecule has 0 spiro atoms. The molecule has 0 aromatic heterocycles. The lowest BCUT2D eigenvalue weighted by Crippen LogP contribution is -1.92. The first-order valence-electron chi connectivity index (χ1n) is 3.21. The second-order valence-corrected chi connectivity index (χ2v) is 3.39. The van der Waals surface area contributed by atoms with Crippen molar-refractivity contribution in [2.24, 2.45) is 0 Å². The van der Waals surface area contributed by atoms with Crippen LogP contribution in [-0.2, 0) is 11.2 Å². The van der Waals surface area contributed by atoms with E-state index < -0.39 is 0 Å². The molecule has 0 unspecified atom stereocenters. The third kappa shape index (κ3) is 2.18. The number of aldehydes is 1. The molecule has 1 aromatic rings. The molecule has 11 heavy (non-hydrogen) atoms. The first-order valence-corrected chi connectivity index (χ1v) is 4.29. The van der Waals surface area contributed by atoms with Crippen molar-refractivity contribution < 1.29 is 4.79 Å². The quantitative estimate of drug-likeness (QED) is 0.499. The van der Waals surface area contributed by atoms with Gasteiger partial charge in [0.2, 0.25) is 0 Å². The molecule has 0 aliphatic rings. The second kappa shape index (κ2) is 3.71. The average molecular weight is 261 g/mol. The Labute approximate surface area is 78.9 Å². The van der Waals surface area contributed by atoms with Gasteiger partial charge in [-0.3, -0.25) is 0 Å². The Morgan fingerprint density at radius 2 is 2.27 bits per heavy atom. The summed E-state index contributed by atoms with van der Waals surface area (Å²) < 4.78 is 1.00. The van der Waals surface area contributed by atoms with Crippen LogP contribution in [0.15, 0.2) is 18.2 Å². The van der Waals surface area contributed by atoms with Crippen LogP contribution >= 0.6 is 22.6 Å². The van der Waals surface area contributed by atoms with Crippen molar-refractivity contribution in [1.29, 1.82) is 0 Å². The fraction of sp³-hybridized carbons (Fsp3) is 0.125. The van der Waals surface area contributed by atoms with Gasteiger partial charge in [0.25, 0.3) is 0 Å². The van der Waals surface area contributed by atoms with Gasteiger partial charge in [0.1, 0.15) is 6.29 Å². The summed E-state index contributed by atoms with van der Waals surface area (Å²) in [6.07, 6.45) is 1.36. The SMILES string of the molecule is Nc1ccc(CC=O)cc1I. The fourth-order valence-corrected chi connectivity index (χ4v) is 1.37. The number of carbonyl (C=O) groups is 1. The van der Waals surface area contributed by atoms with Crippen molar-refractivity contribution in [3.8, 4) is 0 Å². The molecule has 2 N–H and O–H groups in total. The molecule has 0 aliphatic carbocycles. The van der Waals surface area contributed by atoms with Gasteiger partial charge in [-0.05, 0) is 40.3 Å². The molecule has 58 valence electrons. The molecule has 0 fully saturated rings. The summed E-state index contributed by atoms with van der Waals surface area (Å²) in [5.41, 5.74) is 7.37. The first-order chi connectivity index (χ1) is 5.24. The fourth-order valence-electron chi connectivity index (χ4n) is 0.794. The summed E-state index contributed by atoms with van der Waals surface area (Å²) in [7, 11) is 0. The summed E-state index contributed by atoms with van der Waals surface area (Å²) in [5.74, 6) is 0. The van der Waals surface area contributed by atoms with Gasteiger partial charge in [0, 0.05) is 15.7 Å².